The van der Waals surface area contributed by atoms with Crippen molar-refractivity contribution in [1.82, 2.24) is 9.97 Å². The number of hydrogen-bond acceptors (Lipinski definition) is 6. The molecule has 0 atom stereocenters. The fourth-order valence-corrected chi connectivity index (χ4v) is 2.00. The summed E-state index contributed by atoms with van der Waals surface area (Å²) >= 11 is 0. The number of nitrogens with two attached hydrogens (primary N) is 1. The van der Waals surface area contributed by atoms with Crippen molar-refractivity contribution in [2.75, 3.05) is 23.4 Å². The lowest BCUT2D eigenvalue weighted by molar-refractivity contribution is 0.0350. The standard InChI is InChI=1S/C11H19N5O/c1-8-7-9(14-10(13-8)15-12)16-5-3-11(2,17)4-6-16/h7,17H,3-6,12H2,1-2H3,(H,13,14,15). The molecule has 2 rings (SSSR count). The molecule has 1 aromatic heterocycles. The number of nitrogen functional groups attached to an aromatic ring is 1. The number of hydrazine groups is 1. The summed E-state index contributed by atoms with van der Waals surface area (Å²) in [5.41, 5.74) is 2.79. The summed E-state index contributed by atoms with van der Waals surface area (Å²) in [5.74, 6) is 6.62. The zero-order valence-electron chi connectivity index (χ0n) is 10.3. The van der Waals surface area contributed by atoms with Crippen molar-refractivity contribution >= 4 is 11.8 Å². The van der Waals surface area contributed by atoms with E-state index in [4.69, 9.17) is 5.84 Å². The molecule has 0 amide bonds. The maximum absolute atomic E-state index is 9.90. The van der Waals surface area contributed by atoms with Gasteiger partial charge in [-0.2, -0.15) is 4.98 Å². The lowest BCUT2D eigenvalue weighted by Gasteiger charge is -2.36. The van der Waals surface area contributed by atoms with Crippen LogP contribution < -0.4 is 16.2 Å². The molecular formula is C11H19N5O. The van der Waals surface area contributed by atoms with E-state index in [2.05, 4.69) is 20.3 Å². The van der Waals surface area contributed by atoms with E-state index in [0.717, 1.165) is 37.4 Å². The van der Waals surface area contributed by atoms with E-state index >= 15 is 0 Å². The van der Waals surface area contributed by atoms with Crippen molar-refractivity contribution in [1.29, 1.82) is 0 Å². The van der Waals surface area contributed by atoms with Gasteiger partial charge in [-0.15, -0.1) is 0 Å². The highest BCUT2D eigenvalue weighted by molar-refractivity contribution is 5.44. The minimum absolute atomic E-state index is 0.428. The topological polar surface area (TPSA) is 87.3 Å². The van der Waals surface area contributed by atoms with E-state index in [-0.39, 0.29) is 0 Å². The second-order valence-electron chi connectivity index (χ2n) is 4.82. The van der Waals surface area contributed by atoms with Crippen LogP contribution in [0.4, 0.5) is 11.8 Å². The van der Waals surface area contributed by atoms with Gasteiger partial charge in [-0.25, -0.2) is 10.8 Å². The summed E-state index contributed by atoms with van der Waals surface area (Å²) in [6.07, 6.45) is 1.50. The van der Waals surface area contributed by atoms with Gasteiger partial charge in [-0.3, -0.25) is 5.43 Å². The Morgan fingerprint density at radius 3 is 2.65 bits per heavy atom. The van der Waals surface area contributed by atoms with Crippen LogP contribution in [0.1, 0.15) is 25.5 Å². The highest BCUT2D eigenvalue weighted by atomic mass is 16.3. The lowest BCUT2D eigenvalue weighted by atomic mass is 9.94. The Kier molecular flexibility index (Phi) is 3.17. The molecule has 94 valence electrons. The molecule has 2 heterocycles. The molecule has 0 spiro atoms. The number of aryl methyl sites for hydroxylation is 1. The third-order valence-corrected chi connectivity index (χ3v) is 3.13. The van der Waals surface area contributed by atoms with E-state index < -0.39 is 5.60 Å². The van der Waals surface area contributed by atoms with Crippen LogP contribution in [0.5, 0.6) is 0 Å². The quantitative estimate of drug-likeness (QED) is 0.510. The SMILES string of the molecule is Cc1cc(N2CCC(C)(O)CC2)nc(NN)n1. The molecule has 6 heteroatoms. The van der Waals surface area contributed by atoms with Crippen LogP contribution in [0.15, 0.2) is 6.07 Å². The number of piperidine rings is 1. The first kappa shape index (κ1) is 12.1. The normalized spacial score (nSPS) is 19.2. The highest BCUT2D eigenvalue weighted by Crippen LogP contribution is 2.25. The molecule has 1 fully saturated rings. The van der Waals surface area contributed by atoms with Crippen molar-refractivity contribution in [3.8, 4) is 0 Å². The molecule has 1 aliphatic heterocycles. The van der Waals surface area contributed by atoms with Crippen LogP contribution in [0, 0.1) is 6.92 Å². The Labute approximate surface area is 101 Å². The van der Waals surface area contributed by atoms with Crippen LogP contribution in [0.2, 0.25) is 0 Å². The van der Waals surface area contributed by atoms with Gasteiger partial charge in [0.2, 0.25) is 5.95 Å². The molecule has 6 nitrogen and oxygen atoms in total. The molecule has 0 unspecified atom stereocenters. The molecule has 0 bridgehead atoms. The average Bonchev–Trinajstić information content (AvgIpc) is 2.28. The second kappa shape index (κ2) is 4.46. The number of anilines is 2. The fourth-order valence-electron chi connectivity index (χ4n) is 2.00. The zero-order valence-corrected chi connectivity index (χ0v) is 10.3. The minimum atomic E-state index is -0.548. The van der Waals surface area contributed by atoms with Crippen molar-refractivity contribution in [2.24, 2.45) is 5.84 Å². The van der Waals surface area contributed by atoms with Crippen LogP contribution in [-0.2, 0) is 0 Å². The number of nitrogens with zero attached hydrogens (tertiary/aromatic N) is 3. The van der Waals surface area contributed by atoms with Crippen LogP contribution in [-0.4, -0.2) is 33.8 Å². The average molecular weight is 237 g/mol. The third-order valence-electron chi connectivity index (χ3n) is 3.13. The molecule has 1 aromatic rings. The van der Waals surface area contributed by atoms with E-state index in [1.54, 1.807) is 0 Å². The molecular weight excluding hydrogens is 218 g/mol. The fraction of sp³-hybridized carbons (Fsp3) is 0.636. The van der Waals surface area contributed by atoms with Crippen LogP contribution in [0.3, 0.4) is 0 Å². The van der Waals surface area contributed by atoms with Gasteiger partial charge < -0.3 is 10.0 Å². The number of hydrogen-bond donors (Lipinski definition) is 3. The van der Waals surface area contributed by atoms with Crippen molar-refractivity contribution in [2.45, 2.75) is 32.3 Å². The summed E-state index contributed by atoms with van der Waals surface area (Å²) in [6, 6.07) is 1.93. The summed E-state index contributed by atoms with van der Waals surface area (Å²) in [6.45, 7) is 5.38. The smallest absolute Gasteiger partial charge is 0.239 e. The summed E-state index contributed by atoms with van der Waals surface area (Å²) in [5, 5.41) is 9.90. The number of rotatable bonds is 2. The van der Waals surface area contributed by atoms with Crippen LogP contribution in [0.25, 0.3) is 0 Å². The molecule has 0 saturated carbocycles. The summed E-state index contributed by atoms with van der Waals surface area (Å²) in [7, 11) is 0. The lowest BCUT2D eigenvalue weighted by Crippen LogP contribution is -2.42. The third kappa shape index (κ3) is 2.83. The van der Waals surface area contributed by atoms with Gasteiger partial charge in [-0.05, 0) is 26.7 Å². The van der Waals surface area contributed by atoms with Crippen LogP contribution >= 0.6 is 0 Å². The Morgan fingerprint density at radius 1 is 1.41 bits per heavy atom. The summed E-state index contributed by atoms with van der Waals surface area (Å²) in [4.78, 5) is 10.6. The van der Waals surface area contributed by atoms with E-state index in [9.17, 15) is 5.11 Å². The predicted octanol–water partition coefficient (Wildman–Crippen LogP) is 0.422. The highest BCUT2D eigenvalue weighted by Gasteiger charge is 2.28. The maximum atomic E-state index is 9.90. The van der Waals surface area contributed by atoms with Gasteiger partial charge in [0.15, 0.2) is 0 Å². The first-order valence-electron chi connectivity index (χ1n) is 5.80. The van der Waals surface area contributed by atoms with E-state index in [0.29, 0.717) is 5.95 Å². The maximum Gasteiger partial charge on any atom is 0.239 e. The monoisotopic (exact) mass is 237 g/mol. The first-order valence-corrected chi connectivity index (χ1v) is 5.80. The van der Waals surface area contributed by atoms with Crippen molar-refractivity contribution in [3.05, 3.63) is 11.8 Å². The Morgan fingerprint density at radius 2 is 2.06 bits per heavy atom. The van der Waals surface area contributed by atoms with E-state index in [1.807, 2.05) is 19.9 Å². The molecule has 0 aliphatic carbocycles. The van der Waals surface area contributed by atoms with Crippen molar-refractivity contribution in [3.63, 3.8) is 0 Å². The Hall–Kier alpha value is -1.40. The first-order chi connectivity index (χ1) is 8.00. The Bertz CT molecular complexity index is 397. The molecule has 0 radical (unpaired) electrons. The van der Waals surface area contributed by atoms with E-state index in [1.165, 1.54) is 0 Å². The van der Waals surface area contributed by atoms with Gasteiger partial charge in [0.25, 0.3) is 0 Å². The minimum Gasteiger partial charge on any atom is -0.390 e. The van der Waals surface area contributed by atoms with Gasteiger partial charge >= 0.3 is 0 Å². The van der Waals surface area contributed by atoms with Gasteiger partial charge in [0.1, 0.15) is 5.82 Å². The van der Waals surface area contributed by atoms with Gasteiger partial charge in [0.05, 0.1) is 5.60 Å². The Balaban J connectivity index is 2.15. The number of nitrogens with one attached hydrogen (secondary N) is 1. The largest absolute Gasteiger partial charge is 0.390 e. The number of aliphatic hydroxyl groups is 1. The molecule has 17 heavy (non-hydrogen) atoms. The molecule has 4 N–H and O–H groups in total. The molecule has 0 aromatic carbocycles. The molecule has 1 aliphatic rings. The van der Waals surface area contributed by atoms with Gasteiger partial charge in [0, 0.05) is 24.8 Å². The van der Waals surface area contributed by atoms with Gasteiger partial charge in [-0.1, -0.05) is 0 Å². The predicted molar refractivity (Wildman–Crippen MR) is 66.6 cm³/mol. The molecule has 1 saturated heterocycles. The second-order valence-corrected chi connectivity index (χ2v) is 4.82. The van der Waals surface area contributed by atoms with Crippen molar-refractivity contribution < 1.29 is 5.11 Å². The summed E-state index contributed by atoms with van der Waals surface area (Å²) < 4.78 is 0. The number of aromatic nitrogens is 2. The zero-order chi connectivity index (χ0) is 12.5.